The van der Waals surface area contributed by atoms with Gasteiger partial charge in [0.2, 0.25) is 0 Å². The molecule has 2 rings (SSSR count). The van der Waals surface area contributed by atoms with Gasteiger partial charge in [-0.1, -0.05) is 24.3 Å². The number of thioether (sulfide) groups is 1. The van der Waals surface area contributed by atoms with E-state index in [1.165, 1.54) is 12.1 Å². The maximum Gasteiger partial charge on any atom is 0.431 e. The summed E-state index contributed by atoms with van der Waals surface area (Å²) in [5, 5.41) is 0. The van der Waals surface area contributed by atoms with E-state index in [9.17, 15) is 17.6 Å². The maximum absolute atomic E-state index is 13.0. The monoisotopic (exact) mass is 341 g/mol. The van der Waals surface area contributed by atoms with Gasteiger partial charge in [0.15, 0.2) is 0 Å². The number of rotatable bonds is 4. The summed E-state index contributed by atoms with van der Waals surface area (Å²) >= 11 is 1.55. The smallest absolute Gasteiger partial charge is 0.394 e. The van der Waals surface area contributed by atoms with Crippen molar-refractivity contribution in [3.05, 3.63) is 71.2 Å². The second kappa shape index (κ2) is 7.08. The highest BCUT2D eigenvalue weighted by molar-refractivity contribution is 7.98. The minimum absolute atomic E-state index is 0.0195. The molecule has 0 unspecified atom stereocenters. The van der Waals surface area contributed by atoms with Crippen LogP contribution in [-0.2, 0) is 6.42 Å². The topological polar surface area (TPSA) is 26.0 Å². The van der Waals surface area contributed by atoms with Crippen LogP contribution in [0.1, 0.15) is 11.1 Å². The molecule has 2 N–H and O–H groups in total. The van der Waals surface area contributed by atoms with E-state index in [0.29, 0.717) is 5.56 Å². The van der Waals surface area contributed by atoms with Crippen LogP contribution in [0.2, 0.25) is 0 Å². The van der Waals surface area contributed by atoms with Crippen molar-refractivity contribution in [3.63, 3.8) is 0 Å². The molecule has 2 aromatic rings. The lowest BCUT2D eigenvalue weighted by atomic mass is 9.96. The molecule has 23 heavy (non-hydrogen) atoms. The molecule has 0 radical (unpaired) electrons. The molecule has 0 aliphatic carbocycles. The molecule has 0 amide bonds. The largest absolute Gasteiger partial charge is 0.431 e. The van der Waals surface area contributed by atoms with Crippen molar-refractivity contribution in [2.75, 3.05) is 6.26 Å². The number of hydrogen-bond acceptors (Lipinski definition) is 2. The Kier molecular flexibility index (Phi) is 5.36. The molecule has 0 heterocycles. The third-order valence-corrected chi connectivity index (χ3v) is 4.11. The van der Waals surface area contributed by atoms with Crippen molar-refractivity contribution in [2.24, 2.45) is 5.73 Å². The molecule has 0 fully saturated rings. The normalized spacial score (nSPS) is 12.9. The van der Waals surface area contributed by atoms with Gasteiger partial charge in [-0.25, -0.2) is 4.39 Å². The second-order valence-electron chi connectivity index (χ2n) is 4.92. The van der Waals surface area contributed by atoms with Crippen LogP contribution < -0.4 is 5.73 Å². The van der Waals surface area contributed by atoms with Gasteiger partial charge in [-0.05, 0) is 47.2 Å². The van der Waals surface area contributed by atoms with Crippen molar-refractivity contribution in [1.82, 2.24) is 0 Å². The van der Waals surface area contributed by atoms with Gasteiger partial charge in [0.1, 0.15) is 11.5 Å². The summed E-state index contributed by atoms with van der Waals surface area (Å²) in [7, 11) is 0. The average Bonchev–Trinajstić information content (AvgIpc) is 2.52. The van der Waals surface area contributed by atoms with E-state index in [4.69, 9.17) is 5.73 Å². The molecule has 122 valence electrons. The van der Waals surface area contributed by atoms with E-state index < -0.39 is 17.7 Å². The molecule has 0 spiro atoms. The number of benzene rings is 2. The first-order valence-electron chi connectivity index (χ1n) is 6.76. The van der Waals surface area contributed by atoms with Crippen molar-refractivity contribution < 1.29 is 17.6 Å². The first-order chi connectivity index (χ1) is 10.8. The minimum Gasteiger partial charge on any atom is -0.394 e. The number of nitrogens with two attached hydrogens (primary N) is 1. The zero-order valence-electron chi connectivity index (χ0n) is 12.3. The van der Waals surface area contributed by atoms with Crippen molar-refractivity contribution in [3.8, 4) is 0 Å². The fourth-order valence-corrected chi connectivity index (χ4v) is 2.53. The van der Waals surface area contributed by atoms with E-state index in [1.54, 1.807) is 23.9 Å². The Bertz CT molecular complexity index is 688. The van der Waals surface area contributed by atoms with Crippen LogP contribution in [0.25, 0.3) is 5.57 Å². The molecule has 2 aromatic carbocycles. The third kappa shape index (κ3) is 4.51. The van der Waals surface area contributed by atoms with Gasteiger partial charge in [0, 0.05) is 11.3 Å². The molecular formula is C17H15F4NS. The van der Waals surface area contributed by atoms with Crippen LogP contribution in [0.4, 0.5) is 17.6 Å². The van der Waals surface area contributed by atoms with E-state index in [2.05, 4.69) is 0 Å². The predicted octanol–water partition coefficient (Wildman–Crippen LogP) is 5.02. The van der Waals surface area contributed by atoms with Crippen LogP contribution in [-0.4, -0.2) is 12.4 Å². The minimum atomic E-state index is -4.64. The first-order valence-corrected chi connectivity index (χ1v) is 7.98. The fraction of sp³-hybridized carbons (Fsp3) is 0.176. The second-order valence-corrected chi connectivity index (χ2v) is 5.80. The first kappa shape index (κ1) is 17.4. The Hall–Kier alpha value is -1.95. The lowest BCUT2D eigenvalue weighted by molar-refractivity contribution is -0.0921. The molecule has 0 bridgehead atoms. The van der Waals surface area contributed by atoms with Gasteiger partial charge in [0.25, 0.3) is 0 Å². The molecule has 0 saturated heterocycles. The molecule has 0 aliphatic rings. The number of hydrogen-bond donors (Lipinski definition) is 1. The number of halogens is 4. The van der Waals surface area contributed by atoms with Gasteiger partial charge in [0.05, 0.1) is 0 Å². The summed E-state index contributed by atoms with van der Waals surface area (Å²) in [5.74, 6) is -0.511. The number of alkyl halides is 3. The van der Waals surface area contributed by atoms with Crippen LogP contribution >= 0.6 is 11.8 Å². The molecule has 0 saturated carbocycles. The van der Waals surface area contributed by atoms with Crippen molar-refractivity contribution in [1.29, 1.82) is 0 Å². The maximum atomic E-state index is 13.0. The molecule has 0 atom stereocenters. The zero-order valence-corrected chi connectivity index (χ0v) is 13.1. The summed E-state index contributed by atoms with van der Waals surface area (Å²) in [5.41, 5.74) is 5.07. The van der Waals surface area contributed by atoms with E-state index in [-0.39, 0.29) is 17.6 Å². The Balaban J connectivity index is 2.43. The lowest BCUT2D eigenvalue weighted by Crippen LogP contribution is -2.22. The quantitative estimate of drug-likeness (QED) is 0.624. The zero-order chi connectivity index (χ0) is 17.0. The van der Waals surface area contributed by atoms with Gasteiger partial charge in [-0.15, -0.1) is 11.8 Å². The van der Waals surface area contributed by atoms with Crippen LogP contribution in [0.5, 0.6) is 0 Å². The predicted molar refractivity (Wildman–Crippen MR) is 85.5 cm³/mol. The number of allylic oxidation sites excluding steroid dienone is 2. The van der Waals surface area contributed by atoms with E-state index in [1.807, 2.05) is 18.4 Å². The Morgan fingerprint density at radius 1 is 1.00 bits per heavy atom. The SMILES string of the molecule is CSc1ccc(CC(=C(N)C(F)(F)F)c2ccc(F)cc2)cc1. The Labute approximate surface area is 136 Å². The summed E-state index contributed by atoms with van der Waals surface area (Å²) in [6.45, 7) is 0. The van der Waals surface area contributed by atoms with Gasteiger partial charge < -0.3 is 5.73 Å². The molecule has 0 aromatic heterocycles. The Morgan fingerprint density at radius 2 is 1.57 bits per heavy atom. The van der Waals surface area contributed by atoms with Crippen LogP contribution in [0.15, 0.2) is 59.1 Å². The average molecular weight is 341 g/mol. The summed E-state index contributed by atoms with van der Waals surface area (Å²) < 4.78 is 52.1. The highest BCUT2D eigenvalue weighted by Gasteiger charge is 2.34. The van der Waals surface area contributed by atoms with Crippen LogP contribution in [0, 0.1) is 5.82 Å². The van der Waals surface area contributed by atoms with Gasteiger partial charge in [-0.2, -0.15) is 13.2 Å². The van der Waals surface area contributed by atoms with Gasteiger partial charge in [-0.3, -0.25) is 0 Å². The van der Waals surface area contributed by atoms with Gasteiger partial charge >= 0.3 is 6.18 Å². The van der Waals surface area contributed by atoms with E-state index in [0.717, 1.165) is 17.0 Å². The summed E-state index contributed by atoms with van der Waals surface area (Å²) in [6, 6.07) is 12.1. The van der Waals surface area contributed by atoms with E-state index >= 15 is 0 Å². The van der Waals surface area contributed by atoms with Crippen molar-refractivity contribution >= 4 is 17.3 Å². The fourth-order valence-electron chi connectivity index (χ4n) is 2.12. The molecule has 6 heteroatoms. The highest BCUT2D eigenvalue weighted by Crippen LogP contribution is 2.31. The van der Waals surface area contributed by atoms with Crippen LogP contribution in [0.3, 0.4) is 0 Å². The third-order valence-electron chi connectivity index (χ3n) is 3.36. The Morgan fingerprint density at radius 3 is 2.04 bits per heavy atom. The highest BCUT2D eigenvalue weighted by atomic mass is 32.2. The van der Waals surface area contributed by atoms with Crippen molar-refractivity contribution in [2.45, 2.75) is 17.5 Å². The molecule has 0 aliphatic heterocycles. The molecule has 1 nitrogen and oxygen atoms in total. The standard InChI is InChI=1S/C17H15F4NS/c1-23-14-8-2-11(3-9-14)10-15(16(22)17(19,20)21)12-4-6-13(18)7-5-12/h2-9H,10,22H2,1H3. The lowest BCUT2D eigenvalue weighted by Gasteiger charge is -2.15. The summed E-state index contributed by atoms with van der Waals surface area (Å²) in [4.78, 5) is 1.02. The molecular weight excluding hydrogens is 326 g/mol. The summed E-state index contributed by atoms with van der Waals surface area (Å²) in [6.07, 6.45) is -2.70.